The molecular weight excluding hydrogens is 623 g/mol. The van der Waals surface area contributed by atoms with Crippen LogP contribution in [0.4, 0.5) is 0 Å². The van der Waals surface area contributed by atoms with Gasteiger partial charge in [0.2, 0.25) is 0 Å². The van der Waals surface area contributed by atoms with Crippen LogP contribution in [0.15, 0.2) is 182 Å². The van der Waals surface area contributed by atoms with Crippen LogP contribution in [0.3, 0.4) is 0 Å². The molecule has 0 radical (unpaired) electrons. The quantitative estimate of drug-likeness (QED) is 0.189. The molecule has 0 saturated heterocycles. The van der Waals surface area contributed by atoms with E-state index in [1.54, 1.807) is 0 Å². The van der Waals surface area contributed by atoms with Crippen molar-refractivity contribution in [1.29, 1.82) is 0 Å². The standard InChI is InChI=1S/C48H33NO2/c1-3-15-32(16-4-1)33-29-30-40-46(31-33)51-44-27-12-9-20-36(44)35-19-8-11-26-43(35)50-45-28-14-23-38(48(40)45)37-22-13-25-42-47(37)39-21-7-10-24-41(39)49(42)34-17-5-2-6-18-34/h1-15,17-32H,16H2. The molecule has 0 amide bonds. The number of hydrogen-bond acceptors (Lipinski definition) is 2. The molecule has 2 aliphatic rings. The molecule has 1 aliphatic carbocycles. The minimum atomic E-state index is 0.277. The van der Waals surface area contributed by atoms with Gasteiger partial charge < -0.3 is 14.0 Å². The smallest absolute Gasteiger partial charge is 0.136 e. The molecule has 10 rings (SSSR count). The summed E-state index contributed by atoms with van der Waals surface area (Å²) in [6.07, 6.45) is 9.73. The molecule has 1 aromatic heterocycles. The van der Waals surface area contributed by atoms with Gasteiger partial charge in [0.25, 0.3) is 0 Å². The van der Waals surface area contributed by atoms with E-state index in [2.05, 4.69) is 168 Å². The number of hydrogen-bond donors (Lipinski definition) is 0. The monoisotopic (exact) mass is 655 g/mol. The SMILES string of the molecule is C1=CCC(c2ccc3c(c2)Oc2ccccc2-c2ccccc2Oc2cccc(-c4cccc5c4c4ccccc4n5-c4ccccc4)c2-3)C=C1. The Morgan fingerprint density at radius 3 is 1.92 bits per heavy atom. The minimum Gasteiger partial charge on any atom is -0.456 e. The number of allylic oxidation sites excluding steroid dienone is 4. The van der Waals surface area contributed by atoms with Crippen LogP contribution in [0.1, 0.15) is 17.9 Å². The summed E-state index contributed by atoms with van der Waals surface area (Å²) in [4.78, 5) is 0. The second kappa shape index (κ2) is 12.1. The Morgan fingerprint density at radius 2 is 1.12 bits per heavy atom. The lowest BCUT2D eigenvalue weighted by molar-refractivity contribution is 0.472. The van der Waals surface area contributed by atoms with Crippen LogP contribution in [0.5, 0.6) is 23.0 Å². The predicted molar refractivity (Wildman–Crippen MR) is 209 cm³/mol. The minimum absolute atomic E-state index is 0.277. The van der Waals surface area contributed by atoms with E-state index in [9.17, 15) is 0 Å². The van der Waals surface area contributed by atoms with Crippen molar-refractivity contribution in [3.05, 3.63) is 188 Å². The van der Waals surface area contributed by atoms with Gasteiger partial charge in [-0.1, -0.05) is 133 Å². The molecule has 1 unspecified atom stereocenters. The summed E-state index contributed by atoms with van der Waals surface area (Å²) >= 11 is 0. The highest BCUT2D eigenvalue weighted by Crippen LogP contribution is 2.51. The molecule has 1 atom stereocenters. The Balaban J connectivity index is 1.28. The van der Waals surface area contributed by atoms with Crippen LogP contribution in [0, 0.1) is 0 Å². The molecule has 0 saturated carbocycles. The Hall–Kier alpha value is -6.58. The number of fused-ring (bicyclic) bond motifs is 9. The first-order valence-corrected chi connectivity index (χ1v) is 17.5. The number of rotatable bonds is 3. The highest BCUT2D eigenvalue weighted by Gasteiger charge is 2.26. The van der Waals surface area contributed by atoms with Crippen molar-refractivity contribution in [2.45, 2.75) is 12.3 Å². The number of para-hydroxylation sites is 4. The molecule has 8 aromatic rings. The fourth-order valence-corrected chi connectivity index (χ4v) is 7.90. The molecular formula is C48H33NO2. The van der Waals surface area contributed by atoms with Gasteiger partial charge in [-0.15, -0.1) is 0 Å². The maximum atomic E-state index is 7.07. The zero-order valence-electron chi connectivity index (χ0n) is 27.9. The molecule has 0 N–H and O–H groups in total. The topological polar surface area (TPSA) is 23.4 Å². The van der Waals surface area contributed by atoms with Crippen LogP contribution >= 0.6 is 0 Å². The van der Waals surface area contributed by atoms with E-state index in [4.69, 9.17) is 9.47 Å². The van der Waals surface area contributed by atoms with Gasteiger partial charge in [0.1, 0.15) is 23.0 Å². The highest BCUT2D eigenvalue weighted by atomic mass is 16.5. The van der Waals surface area contributed by atoms with Crippen molar-refractivity contribution in [2.24, 2.45) is 0 Å². The van der Waals surface area contributed by atoms with Crippen LogP contribution < -0.4 is 9.47 Å². The van der Waals surface area contributed by atoms with Crippen LogP contribution in [-0.4, -0.2) is 4.57 Å². The Bertz CT molecular complexity index is 2680. The fourth-order valence-electron chi connectivity index (χ4n) is 7.90. The van der Waals surface area contributed by atoms with Crippen molar-refractivity contribution >= 4 is 21.8 Å². The van der Waals surface area contributed by atoms with Gasteiger partial charge >= 0.3 is 0 Å². The Morgan fingerprint density at radius 1 is 0.471 bits per heavy atom. The van der Waals surface area contributed by atoms with Crippen molar-refractivity contribution in [2.75, 3.05) is 0 Å². The Kier molecular flexibility index (Phi) is 6.95. The summed E-state index contributed by atoms with van der Waals surface area (Å²) in [5.41, 5.74) is 10.9. The molecule has 3 nitrogen and oxygen atoms in total. The van der Waals surface area contributed by atoms with E-state index in [1.165, 1.54) is 21.9 Å². The zero-order chi connectivity index (χ0) is 33.7. The van der Waals surface area contributed by atoms with Crippen LogP contribution in [0.2, 0.25) is 0 Å². The summed E-state index contributed by atoms with van der Waals surface area (Å²) in [6, 6.07) is 55.6. The Labute approximate surface area is 297 Å². The molecule has 0 spiro atoms. The van der Waals surface area contributed by atoms with Crippen molar-refractivity contribution in [1.82, 2.24) is 4.57 Å². The van der Waals surface area contributed by atoms with E-state index in [-0.39, 0.29) is 5.92 Å². The summed E-state index contributed by atoms with van der Waals surface area (Å²) < 4.78 is 16.5. The molecule has 51 heavy (non-hydrogen) atoms. The third kappa shape index (κ3) is 4.89. The third-order valence-corrected chi connectivity index (χ3v) is 10.2. The molecule has 0 fully saturated rings. The number of aromatic nitrogens is 1. The second-order valence-electron chi connectivity index (χ2n) is 13.2. The van der Waals surface area contributed by atoms with Gasteiger partial charge in [-0.25, -0.2) is 0 Å². The van der Waals surface area contributed by atoms with Crippen molar-refractivity contribution in [3.8, 4) is 62.1 Å². The van der Waals surface area contributed by atoms with Gasteiger partial charge in [0.05, 0.1) is 11.0 Å². The lowest BCUT2D eigenvalue weighted by Gasteiger charge is -2.24. The van der Waals surface area contributed by atoms with Gasteiger partial charge in [-0.2, -0.15) is 0 Å². The zero-order valence-corrected chi connectivity index (χ0v) is 27.9. The molecule has 0 bridgehead atoms. The van der Waals surface area contributed by atoms with Gasteiger partial charge in [0, 0.05) is 44.6 Å². The van der Waals surface area contributed by atoms with Gasteiger partial charge in [-0.3, -0.25) is 0 Å². The third-order valence-electron chi connectivity index (χ3n) is 10.2. The average molecular weight is 656 g/mol. The maximum Gasteiger partial charge on any atom is 0.136 e. The normalized spacial score (nSPS) is 14.5. The number of benzene rings is 7. The van der Waals surface area contributed by atoms with Gasteiger partial charge in [0.15, 0.2) is 0 Å². The van der Waals surface area contributed by atoms with E-state index >= 15 is 0 Å². The first-order valence-electron chi connectivity index (χ1n) is 17.5. The first-order chi connectivity index (χ1) is 25.3. The predicted octanol–water partition coefficient (Wildman–Crippen LogP) is 13.3. The first kappa shape index (κ1) is 29.3. The number of ether oxygens (including phenoxy) is 2. The summed E-state index contributed by atoms with van der Waals surface area (Å²) in [6.45, 7) is 0. The van der Waals surface area contributed by atoms with Crippen LogP contribution in [-0.2, 0) is 0 Å². The highest BCUT2D eigenvalue weighted by molar-refractivity contribution is 6.17. The summed E-state index contributed by atoms with van der Waals surface area (Å²) in [5.74, 6) is 3.43. The summed E-state index contributed by atoms with van der Waals surface area (Å²) in [7, 11) is 0. The molecule has 1 aliphatic heterocycles. The lowest BCUT2D eigenvalue weighted by atomic mass is 9.87. The lowest BCUT2D eigenvalue weighted by Crippen LogP contribution is -2.01. The van der Waals surface area contributed by atoms with E-state index in [1.807, 2.05) is 18.2 Å². The molecule has 3 heteroatoms. The van der Waals surface area contributed by atoms with Crippen LogP contribution in [0.25, 0.3) is 60.9 Å². The molecule has 242 valence electrons. The average Bonchev–Trinajstić information content (AvgIpc) is 3.54. The van der Waals surface area contributed by atoms with E-state index in [0.29, 0.717) is 0 Å². The largest absolute Gasteiger partial charge is 0.456 e. The number of nitrogens with zero attached hydrogens (tertiary/aromatic N) is 1. The summed E-state index contributed by atoms with van der Waals surface area (Å²) in [5, 5.41) is 2.40. The maximum absolute atomic E-state index is 7.07. The second-order valence-corrected chi connectivity index (χ2v) is 13.2. The molecule has 2 heterocycles. The molecule has 7 aromatic carbocycles. The van der Waals surface area contributed by atoms with Gasteiger partial charge in [-0.05, 0) is 71.6 Å². The van der Waals surface area contributed by atoms with E-state index < -0.39 is 0 Å². The van der Waals surface area contributed by atoms with Crippen molar-refractivity contribution in [3.63, 3.8) is 0 Å². The fraction of sp³-hybridized carbons (Fsp3) is 0.0417. The van der Waals surface area contributed by atoms with Crippen molar-refractivity contribution < 1.29 is 9.47 Å². The van der Waals surface area contributed by atoms with E-state index in [0.717, 1.165) is 74.0 Å².